The van der Waals surface area contributed by atoms with Gasteiger partial charge >= 0.3 is 6.03 Å². The highest BCUT2D eigenvalue weighted by Crippen LogP contribution is 2.26. The van der Waals surface area contributed by atoms with E-state index in [9.17, 15) is 18.4 Å². The average Bonchev–Trinajstić information content (AvgIpc) is 3.21. The Hall–Kier alpha value is -3.40. The van der Waals surface area contributed by atoms with E-state index in [0.29, 0.717) is 45.8 Å². The van der Waals surface area contributed by atoms with Gasteiger partial charge in [-0.15, -0.1) is 0 Å². The molecule has 0 spiro atoms. The number of hydrogen-bond donors (Lipinski definition) is 0. The lowest BCUT2D eigenvalue weighted by atomic mass is 10.1. The number of methoxy groups -OCH3 is 2. The van der Waals surface area contributed by atoms with Crippen LogP contribution in [0.25, 0.3) is 0 Å². The number of carbonyl (C=O) groups is 2. The van der Waals surface area contributed by atoms with Crippen LogP contribution in [0.2, 0.25) is 0 Å². The van der Waals surface area contributed by atoms with E-state index in [1.807, 2.05) is 18.2 Å². The van der Waals surface area contributed by atoms with Crippen molar-refractivity contribution in [1.29, 1.82) is 0 Å². The molecule has 2 aliphatic rings. The molecule has 3 amide bonds. The van der Waals surface area contributed by atoms with Crippen LogP contribution in [0.1, 0.15) is 5.56 Å². The van der Waals surface area contributed by atoms with Crippen molar-refractivity contribution in [2.75, 3.05) is 64.9 Å². The van der Waals surface area contributed by atoms with Gasteiger partial charge in [0.2, 0.25) is 5.91 Å². The minimum Gasteiger partial charge on any atom is -0.497 e. The van der Waals surface area contributed by atoms with E-state index in [1.165, 1.54) is 15.9 Å². The first kappa shape index (κ1) is 23.7. The molecule has 10 heteroatoms. The Kier molecular flexibility index (Phi) is 7.16. The van der Waals surface area contributed by atoms with Crippen LogP contribution in [-0.4, -0.2) is 86.7 Å². The molecule has 0 aromatic heterocycles. The first-order valence-electron chi connectivity index (χ1n) is 11.1. The Balaban J connectivity index is 1.29. The van der Waals surface area contributed by atoms with Gasteiger partial charge in [-0.05, 0) is 30.3 Å². The normalized spacial score (nSPS) is 16.8. The number of rotatable bonds is 7. The Morgan fingerprint density at radius 2 is 1.68 bits per heavy atom. The standard InChI is InChI=1S/C24H28F2N4O4/c1-33-19-4-6-22(34-2)17(13-19)15-27-7-9-28(10-8-27)23(31)16-29-11-12-30(24(29)32)18-3-5-20(25)21(26)14-18/h3-6,13-14H,7-12,15-16H2,1-2H3. The van der Waals surface area contributed by atoms with Crippen molar-refractivity contribution in [2.24, 2.45) is 0 Å². The zero-order valence-electron chi connectivity index (χ0n) is 19.3. The third-order valence-electron chi connectivity index (χ3n) is 6.24. The summed E-state index contributed by atoms with van der Waals surface area (Å²) >= 11 is 0. The molecule has 2 aromatic rings. The topological polar surface area (TPSA) is 65.6 Å². The van der Waals surface area contributed by atoms with E-state index in [4.69, 9.17) is 9.47 Å². The predicted molar refractivity (Wildman–Crippen MR) is 122 cm³/mol. The van der Waals surface area contributed by atoms with Gasteiger partial charge < -0.3 is 19.3 Å². The largest absolute Gasteiger partial charge is 0.497 e. The number of urea groups is 1. The number of nitrogens with zero attached hydrogens (tertiary/aromatic N) is 4. The summed E-state index contributed by atoms with van der Waals surface area (Å²) < 4.78 is 37.5. The van der Waals surface area contributed by atoms with E-state index < -0.39 is 11.6 Å². The van der Waals surface area contributed by atoms with Crippen LogP contribution in [-0.2, 0) is 11.3 Å². The van der Waals surface area contributed by atoms with Crippen molar-refractivity contribution in [3.05, 3.63) is 53.6 Å². The number of halogens is 2. The van der Waals surface area contributed by atoms with Crippen molar-refractivity contribution in [3.63, 3.8) is 0 Å². The number of carbonyl (C=O) groups excluding carboxylic acids is 2. The molecule has 0 N–H and O–H groups in total. The van der Waals surface area contributed by atoms with Crippen molar-refractivity contribution >= 4 is 17.6 Å². The summed E-state index contributed by atoms with van der Waals surface area (Å²) in [5, 5.41) is 0. The van der Waals surface area contributed by atoms with Gasteiger partial charge in [-0.3, -0.25) is 14.6 Å². The summed E-state index contributed by atoms with van der Waals surface area (Å²) in [4.78, 5) is 32.4. The van der Waals surface area contributed by atoms with Gasteiger partial charge in [0, 0.05) is 63.1 Å². The molecule has 2 aliphatic heterocycles. The maximum absolute atomic E-state index is 13.6. The zero-order valence-corrected chi connectivity index (χ0v) is 19.3. The quantitative estimate of drug-likeness (QED) is 0.617. The number of piperazine rings is 1. The van der Waals surface area contributed by atoms with Crippen LogP contribution in [0.5, 0.6) is 11.5 Å². The fourth-order valence-corrected chi connectivity index (χ4v) is 4.29. The number of amides is 3. The summed E-state index contributed by atoms with van der Waals surface area (Å²) in [5.74, 6) is -0.551. The fourth-order valence-electron chi connectivity index (χ4n) is 4.29. The molecular formula is C24H28F2N4O4. The molecule has 0 bridgehead atoms. The lowest BCUT2D eigenvalue weighted by Crippen LogP contribution is -2.51. The van der Waals surface area contributed by atoms with E-state index >= 15 is 0 Å². The van der Waals surface area contributed by atoms with E-state index in [0.717, 1.165) is 29.2 Å². The highest BCUT2D eigenvalue weighted by atomic mass is 19.2. The van der Waals surface area contributed by atoms with Crippen LogP contribution in [0.4, 0.5) is 19.3 Å². The first-order chi connectivity index (χ1) is 16.4. The Morgan fingerprint density at radius 1 is 0.912 bits per heavy atom. The van der Waals surface area contributed by atoms with Gasteiger partial charge in [-0.1, -0.05) is 0 Å². The molecule has 2 saturated heterocycles. The van der Waals surface area contributed by atoms with Gasteiger partial charge in [-0.25, -0.2) is 13.6 Å². The van der Waals surface area contributed by atoms with Crippen molar-refractivity contribution in [2.45, 2.75) is 6.54 Å². The van der Waals surface area contributed by atoms with Crippen molar-refractivity contribution in [3.8, 4) is 11.5 Å². The van der Waals surface area contributed by atoms with Gasteiger partial charge in [0.25, 0.3) is 0 Å². The molecule has 0 radical (unpaired) electrons. The molecule has 4 rings (SSSR count). The molecule has 34 heavy (non-hydrogen) atoms. The van der Waals surface area contributed by atoms with Crippen molar-refractivity contribution in [1.82, 2.24) is 14.7 Å². The maximum Gasteiger partial charge on any atom is 0.325 e. The second-order valence-corrected chi connectivity index (χ2v) is 8.29. The van der Waals surface area contributed by atoms with E-state index in [2.05, 4.69) is 4.90 Å². The Labute approximate surface area is 197 Å². The van der Waals surface area contributed by atoms with Crippen LogP contribution < -0.4 is 14.4 Å². The van der Waals surface area contributed by atoms with Crippen LogP contribution in [0.3, 0.4) is 0 Å². The van der Waals surface area contributed by atoms with E-state index in [1.54, 1.807) is 19.1 Å². The van der Waals surface area contributed by atoms with E-state index in [-0.39, 0.29) is 24.2 Å². The van der Waals surface area contributed by atoms with Gasteiger partial charge in [0.1, 0.15) is 18.0 Å². The lowest BCUT2D eigenvalue weighted by Gasteiger charge is -2.35. The Bertz CT molecular complexity index is 1060. The third-order valence-corrected chi connectivity index (χ3v) is 6.24. The third kappa shape index (κ3) is 5.06. The second-order valence-electron chi connectivity index (χ2n) is 8.29. The summed E-state index contributed by atoms with van der Waals surface area (Å²) in [5.41, 5.74) is 1.29. The monoisotopic (exact) mass is 474 g/mol. The summed E-state index contributed by atoms with van der Waals surface area (Å²) in [7, 11) is 3.26. The minimum atomic E-state index is -1.01. The van der Waals surface area contributed by atoms with Gasteiger partial charge in [-0.2, -0.15) is 0 Å². The smallest absolute Gasteiger partial charge is 0.325 e. The first-order valence-corrected chi connectivity index (χ1v) is 11.1. The molecule has 182 valence electrons. The molecule has 0 unspecified atom stereocenters. The summed E-state index contributed by atoms with van der Waals surface area (Å²) in [6, 6.07) is 8.65. The molecule has 0 saturated carbocycles. The Morgan fingerprint density at radius 3 is 2.35 bits per heavy atom. The number of benzene rings is 2. The predicted octanol–water partition coefficient (Wildman–Crippen LogP) is 2.57. The molecule has 0 aliphatic carbocycles. The number of anilines is 1. The summed E-state index contributed by atoms with van der Waals surface area (Å²) in [6.45, 7) is 3.80. The zero-order chi connectivity index (χ0) is 24.2. The van der Waals surface area contributed by atoms with Crippen molar-refractivity contribution < 1.29 is 27.8 Å². The molecule has 2 fully saturated rings. The molecule has 2 aromatic carbocycles. The summed E-state index contributed by atoms with van der Waals surface area (Å²) in [6.07, 6.45) is 0. The number of ether oxygens (including phenoxy) is 2. The SMILES string of the molecule is COc1ccc(OC)c(CN2CCN(C(=O)CN3CCN(c4ccc(F)c(F)c4)C3=O)CC2)c1. The molecular weight excluding hydrogens is 446 g/mol. The molecule has 2 heterocycles. The van der Waals surface area contributed by atoms with Gasteiger partial charge in [0.15, 0.2) is 11.6 Å². The second kappa shape index (κ2) is 10.3. The fraction of sp³-hybridized carbons (Fsp3) is 0.417. The van der Waals surface area contributed by atoms with Crippen LogP contribution in [0.15, 0.2) is 36.4 Å². The van der Waals surface area contributed by atoms with Crippen LogP contribution in [0, 0.1) is 11.6 Å². The average molecular weight is 475 g/mol. The lowest BCUT2D eigenvalue weighted by molar-refractivity contribution is -0.133. The molecule has 8 nitrogen and oxygen atoms in total. The minimum absolute atomic E-state index is 0.0390. The van der Waals surface area contributed by atoms with Gasteiger partial charge in [0.05, 0.1) is 14.2 Å². The molecule has 0 atom stereocenters. The highest BCUT2D eigenvalue weighted by Gasteiger charge is 2.33. The maximum atomic E-state index is 13.6. The number of hydrogen-bond acceptors (Lipinski definition) is 5. The highest BCUT2D eigenvalue weighted by molar-refractivity contribution is 5.96. The van der Waals surface area contributed by atoms with Crippen LogP contribution >= 0.6 is 0 Å².